The zero-order valence-electron chi connectivity index (χ0n) is 13.0. The second-order valence-corrected chi connectivity index (χ2v) is 5.25. The van der Waals surface area contributed by atoms with Crippen LogP contribution < -0.4 is 5.43 Å². The van der Waals surface area contributed by atoms with Gasteiger partial charge >= 0.3 is 0 Å². The Bertz CT molecular complexity index is 900. The molecule has 0 atom stereocenters. The fourth-order valence-electron chi connectivity index (χ4n) is 2.24. The van der Waals surface area contributed by atoms with Crippen molar-refractivity contribution < 1.29 is 9.34 Å². The molecule has 0 amide bonds. The monoisotopic (exact) mass is 321 g/mol. The van der Waals surface area contributed by atoms with E-state index in [1.54, 1.807) is 30.5 Å². The van der Waals surface area contributed by atoms with Crippen LogP contribution in [0, 0.1) is 17.0 Å². The van der Waals surface area contributed by atoms with Gasteiger partial charge in [0.2, 0.25) is 0 Å². The number of nitro groups is 1. The highest BCUT2D eigenvalue weighted by molar-refractivity contribution is 5.78. The lowest BCUT2D eigenvalue weighted by Gasteiger charge is -2.00. The Morgan fingerprint density at radius 3 is 2.75 bits per heavy atom. The number of hydrazone groups is 1. The molecule has 0 unspecified atom stereocenters. The number of nitrogens with one attached hydrogen (secondary N) is 1. The van der Waals surface area contributed by atoms with Crippen LogP contribution in [0.15, 0.2) is 70.2 Å². The third kappa shape index (κ3) is 3.67. The van der Waals surface area contributed by atoms with Gasteiger partial charge in [0.25, 0.3) is 5.69 Å². The summed E-state index contributed by atoms with van der Waals surface area (Å²) in [6, 6.07) is 17.7. The van der Waals surface area contributed by atoms with Gasteiger partial charge in [-0.3, -0.25) is 15.5 Å². The van der Waals surface area contributed by atoms with Crippen molar-refractivity contribution in [1.29, 1.82) is 0 Å². The molecule has 24 heavy (non-hydrogen) atoms. The van der Waals surface area contributed by atoms with Crippen molar-refractivity contribution in [2.24, 2.45) is 5.10 Å². The SMILES string of the molecule is Cc1cccc(N/N=C\c2ccc(-c3cccc([N+](=O)[O-])c3)o2)c1. The molecule has 3 rings (SSSR count). The zero-order chi connectivity index (χ0) is 16.9. The summed E-state index contributed by atoms with van der Waals surface area (Å²) in [5, 5.41) is 15.0. The summed E-state index contributed by atoms with van der Waals surface area (Å²) >= 11 is 0. The number of non-ortho nitro benzene ring substituents is 1. The van der Waals surface area contributed by atoms with Crippen LogP contribution in [-0.4, -0.2) is 11.1 Å². The van der Waals surface area contributed by atoms with Gasteiger partial charge in [-0.2, -0.15) is 5.10 Å². The Balaban J connectivity index is 1.72. The average Bonchev–Trinajstić information content (AvgIpc) is 3.04. The highest BCUT2D eigenvalue weighted by Gasteiger charge is 2.09. The van der Waals surface area contributed by atoms with E-state index in [0.29, 0.717) is 17.1 Å². The first-order valence-electron chi connectivity index (χ1n) is 7.32. The van der Waals surface area contributed by atoms with Crippen LogP contribution in [-0.2, 0) is 0 Å². The molecule has 0 spiro atoms. The van der Waals surface area contributed by atoms with Crippen LogP contribution in [0.25, 0.3) is 11.3 Å². The first kappa shape index (κ1) is 15.5. The maximum atomic E-state index is 10.8. The fourth-order valence-corrected chi connectivity index (χ4v) is 2.24. The van der Waals surface area contributed by atoms with Crippen molar-refractivity contribution in [3.63, 3.8) is 0 Å². The fraction of sp³-hybridized carbons (Fsp3) is 0.0556. The van der Waals surface area contributed by atoms with Crippen molar-refractivity contribution in [1.82, 2.24) is 0 Å². The molecule has 0 aliphatic rings. The molecule has 2 aromatic carbocycles. The number of nitrogens with zero attached hydrogens (tertiary/aromatic N) is 2. The molecule has 0 saturated heterocycles. The number of benzene rings is 2. The Morgan fingerprint density at radius 1 is 1.12 bits per heavy atom. The highest BCUT2D eigenvalue weighted by atomic mass is 16.6. The van der Waals surface area contributed by atoms with Crippen molar-refractivity contribution in [2.75, 3.05) is 5.43 Å². The number of anilines is 1. The van der Waals surface area contributed by atoms with Crippen molar-refractivity contribution in [3.05, 3.63) is 82.1 Å². The van der Waals surface area contributed by atoms with Crippen LogP contribution in [0.5, 0.6) is 0 Å². The minimum Gasteiger partial charge on any atom is -0.455 e. The molecule has 0 radical (unpaired) electrons. The number of hydrogen-bond donors (Lipinski definition) is 1. The van der Waals surface area contributed by atoms with Gasteiger partial charge in [-0.1, -0.05) is 24.3 Å². The Hall–Kier alpha value is -3.41. The maximum absolute atomic E-state index is 10.8. The zero-order valence-corrected chi connectivity index (χ0v) is 13.0. The molecule has 0 aliphatic carbocycles. The van der Waals surface area contributed by atoms with E-state index in [2.05, 4.69) is 10.5 Å². The number of furan rings is 1. The number of aryl methyl sites for hydroxylation is 1. The van der Waals surface area contributed by atoms with E-state index >= 15 is 0 Å². The molecule has 1 N–H and O–H groups in total. The number of rotatable bonds is 5. The van der Waals surface area contributed by atoms with E-state index in [1.165, 1.54) is 12.1 Å². The average molecular weight is 321 g/mol. The predicted octanol–water partition coefficient (Wildman–Crippen LogP) is 4.61. The summed E-state index contributed by atoms with van der Waals surface area (Å²) in [7, 11) is 0. The molecule has 120 valence electrons. The summed E-state index contributed by atoms with van der Waals surface area (Å²) in [6.07, 6.45) is 1.56. The largest absolute Gasteiger partial charge is 0.455 e. The second-order valence-electron chi connectivity index (χ2n) is 5.25. The van der Waals surface area contributed by atoms with Crippen LogP contribution >= 0.6 is 0 Å². The first-order valence-corrected chi connectivity index (χ1v) is 7.32. The molecular weight excluding hydrogens is 306 g/mol. The molecule has 0 saturated carbocycles. The Labute approximate surface area is 138 Å². The van der Waals surface area contributed by atoms with Crippen LogP contribution in [0.4, 0.5) is 11.4 Å². The summed E-state index contributed by atoms with van der Waals surface area (Å²) < 4.78 is 5.65. The van der Waals surface area contributed by atoms with Gasteiger partial charge in [0.15, 0.2) is 0 Å². The number of nitro benzene ring substituents is 1. The van der Waals surface area contributed by atoms with E-state index in [1.807, 2.05) is 31.2 Å². The van der Waals surface area contributed by atoms with Crippen LogP contribution in [0.3, 0.4) is 0 Å². The minimum atomic E-state index is -0.430. The second kappa shape index (κ2) is 6.78. The highest BCUT2D eigenvalue weighted by Crippen LogP contribution is 2.25. The molecule has 6 nitrogen and oxygen atoms in total. The van der Waals surface area contributed by atoms with Crippen LogP contribution in [0.1, 0.15) is 11.3 Å². The summed E-state index contributed by atoms with van der Waals surface area (Å²) in [5.41, 5.74) is 5.63. The van der Waals surface area contributed by atoms with Gasteiger partial charge in [0.1, 0.15) is 11.5 Å². The quantitative estimate of drug-likeness (QED) is 0.423. The first-order chi connectivity index (χ1) is 11.6. The Kier molecular flexibility index (Phi) is 4.38. The van der Waals surface area contributed by atoms with Gasteiger partial charge in [-0.15, -0.1) is 0 Å². The smallest absolute Gasteiger partial charge is 0.270 e. The minimum absolute atomic E-state index is 0.0280. The van der Waals surface area contributed by atoms with E-state index in [4.69, 9.17) is 4.42 Å². The van der Waals surface area contributed by atoms with Crippen LogP contribution in [0.2, 0.25) is 0 Å². The summed E-state index contributed by atoms with van der Waals surface area (Å²) in [4.78, 5) is 10.4. The van der Waals surface area contributed by atoms with E-state index < -0.39 is 4.92 Å². The molecule has 6 heteroatoms. The third-order valence-electron chi connectivity index (χ3n) is 3.37. The van der Waals surface area contributed by atoms with Crippen molar-refractivity contribution >= 4 is 17.6 Å². The molecule has 0 fully saturated rings. The lowest BCUT2D eigenvalue weighted by atomic mass is 10.1. The van der Waals surface area contributed by atoms with Gasteiger partial charge in [0.05, 0.1) is 16.8 Å². The number of hydrogen-bond acceptors (Lipinski definition) is 5. The molecule has 3 aromatic rings. The van der Waals surface area contributed by atoms with Gasteiger partial charge in [0, 0.05) is 17.7 Å². The third-order valence-corrected chi connectivity index (χ3v) is 3.37. The molecule has 1 heterocycles. The predicted molar refractivity (Wildman–Crippen MR) is 93.2 cm³/mol. The lowest BCUT2D eigenvalue weighted by molar-refractivity contribution is -0.384. The van der Waals surface area contributed by atoms with Gasteiger partial charge < -0.3 is 4.42 Å². The summed E-state index contributed by atoms with van der Waals surface area (Å²) in [5.74, 6) is 1.10. The maximum Gasteiger partial charge on any atom is 0.270 e. The molecular formula is C18H15N3O3. The normalized spacial score (nSPS) is 10.9. The standard InChI is InChI=1S/C18H15N3O3/c1-13-4-2-6-15(10-13)20-19-12-17-8-9-18(24-17)14-5-3-7-16(11-14)21(22)23/h2-12,20H,1H3/b19-12-. The van der Waals surface area contributed by atoms with E-state index in [-0.39, 0.29) is 5.69 Å². The van der Waals surface area contributed by atoms with Crippen molar-refractivity contribution in [2.45, 2.75) is 6.92 Å². The van der Waals surface area contributed by atoms with Gasteiger partial charge in [-0.25, -0.2) is 0 Å². The topological polar surface area (TPSA) is 80.7 Å². The lowest BCUT2D eigenvalue weighted by Crippen LogP contribution is -1.89. The van der Waals surface area contributed by atoms with E-state index in [9.17, 15) is 10.1 Å². The van der Waals surface area contributed by atoms with E-state index in [0.717, 1.165) is 11.3 Å². The Morgan fingerprint density at radius 2 is 1.96 bits per heavy atom. The molecule has 0 aliphatic heterocycles. The molecule has 0 bridgehead atoms. The molecule has 1 aromatic heterocycles. The summed E-state index contributed by atoms with van der Waals surface area (Å²) in [6.45, 7) is 2.01. The van der Waals surface area contributed by atoms with Crippen molar-refractivity contribution in [3.8, 4) is 11.3 Å². The van der Waals surface area contributed by atoms with Gasteiger partial charge in [-0.05, 0) is 36.8 Å².